The van der Waals surface area contributed by atoms with Gasteiger partial charge in [0, 0.05) is 37.8 Å². The molecule has 0 bridgehead atoms. The molecule has 416 valence electrons. The van der Waals surface area contributed by atoms with E-state index < -0.39 is 71.2 Å². The average molecular weight is 1110 g/mol. The van der Waals surface area contributed by atoms with Gasteiger partial charge in [0.15, 0.2) is 0 Å². The predicted molar refractivity (Wildman–Crippen MR) is 292 cm³/mol. The van der Waals surface area contributed by atoms with Crippen LogP contribution in [0.3, 0.4) is 0 Å². The summed E-state index contributed by atoms with van der Waals surface area (Å²) in [5, 5.41) is 18.7. The Kier molecular flexibility index (Phi) is 17.7. The molecule has 5 aromatic carbocycles. The normalized spacial score (nSPS) is 14.4. The number of nitrogens with two attached hydrogens (primary N) is 1. The van der Waals surface area contributed by atoms with E-state index in [9.17, 15) is 14.4 Å². The van der Waals surface area contributed by atoms with Crippen molar-refractivity contribution >= 4 is 49.5 Å². The number of alkyl carbamates (subject to hydrolysis) is 1. The smallest absolute Gasteiger partial charge is 0.410 e. The van der Waals surface area contributed by atoms with Crippen LogP contribution < -0.4 is 35.3 Å². The van der Waals surface area contributed by atoms with Crippen molar-refractivity contribution in [2.75, 3.05) is 45.5 Å². The van der Waals surface area contributed by atoms with Gasteiger partial charge < -0.3 is 45.0 Å². The Labute approximate surface area is 454 Å². The van der Waals surface area contributed by atoms with E-state index in [2.05, 4.69) is 25.7 Å². The summed E-state index contributed by atoms with van der Waals surface area (Å²) in [7, 11) is -5.43. The fourth-order valence-electron chi connectivity index (χ4n) is 8.34. The Hall–Kier alpha value is -7.80. The second kappa shape index (κ2) is 23.8. The zero-order valence-electron chi connectivity index (χ0n) is 45.2. The number of amides is 3. The van der Waals surface area contributed by atoms with Gasteiger partial charge in [-0.2, -0.15) is 9.10 Å². The predicted octanol–water partition coefficient (Wildman–Crippen LogP) is 7.19. The fourth-order valence-corrected chi connectivity index (χ4v) is 12.0. The number of likely N-dealkylation sites (tertiary alicyclic amines) is 1. The number of aromatic nitrogens is 4. The molecule has 7 rings (SSSR count). The van der Waals surface area contributed by atoms with Crippen molar-refractivity contribution in [3.8, 4) is 39.8 Å². The van der Waals surface area contributed by atoms with E-state index in [1.165, 1.54) is 50.1 Å². The van der Waals surface area contributed by atoms with Gasteiger partial charge in [-0.05, 0) is 131 Å². The van der Waals surface area contributed by atoms with Crippen molar-refractivity contribution in [2.45, 2.75) is 108 Å². The molecule has 0 radical (unpaired) electrons. The molecule has 1 saturated heterocycles. The molecule has 0 spiro atoms. The number of hydrogen-bond donors (Lipinski definition) is 4. The number of sulfonamides is 2. The first-order valence-electron chi connectivity index (χ1n) is 24.8. The standard InChI is InChI=1S/C54H66N10O12S2/c1-34(56-51(66)75-53(2,3)4)50(65)57-44-13-11-12-43(47(44)55)42-26-27-45(77(68,69)60-38-28-29-62(33-38)52(67)76-54(5,6)7)48(46(42)49-58-61-64(59-49)32-37-18-24-41(74-10)25-19-37)78(70,71)63(30-35-14-20-39(72-8)21-15-35)31-36-16-22-40(73-9)23-17-36/h11-27,34,38,60H,28-33,55H2,1-10H3,(H,56,66)(H,57,65)/t34-,38-/m1/s1. The molecule has 0 saturated carbocycles. The van der Waals surface area contributed by atoms with Gasteiger partial charge in [-0.3, -0.25) is 4.79 Å². The van der Waals surface area contributed by atoms with Gasteiger partial charge in [-0.15, -0.1) is 10.2 Å². The Balaban J connectivity index is 1.45. The lowest BCUT2D eigenvalue weighted by Crippen LogP contribution is -2.44. The van der Waals surface area contributed by atoms with E-state index in [0.717, 1.165) is 15.9 Å². The monoisotopic (exact) mass is 1110 g/mol. The van der Waals surface area contributed by atoms with Crippen molar-refractivity contribution in [1.29, 1.82) is 0 Å². The third kappa shape index (κ3) is 14.4. The van der Waals surface area contributed by atoms with Crippen LogP contribution in [0.25, 0.3) is 22.5 Å². The van der Waals surface area contributed by atoms with Crippen LogP contribution in [0.5, 0.6) is 17.2 Å². The largest absolute Gasteiger partial charge is 0.497 e. The molecule has 2 atom stereocenters. The van der Waals surface area contributed by atoms with E-state index in [4.69, 9.17) is 34.5 Å². The zero-order chi connectivity index (χ0) is 56.7. The van der Waals surface area contributed by atoms with Gasteiger partial charge in [0.2, 0.25) is 31.8 Å². The Morgan fingerprint density at radius 2 is 1.29 bits per heavy atom. The van der Waals surface area contributed by atoms with Crippen LogP contribution in [0.2, 0.25) is 0 Å². The van der Waals surface area contributed by atoms with E-state index in [1.807, 2.05) is 0 Å². The second-order valence-electron chi connectivity index (χ2n) is 20.4. The molecule has 78 heavy (non-hydrogen) atoms. The number of carbonyl (C=O) groups excluding carboxylic acids is 3. The van der Waals surface area contributed by atoms with Gasteiger partial charge in [0.25, 0.3) is 0 Å². The third-order valence-electron chi connectivity index (χ3n) is 12.1. The van der Waals surface area contributed by atoms with Gasteiger partial charge in [0.05, 0.1) is 44.8 Å². The summed E-state index contributed by atoms with van der Waals surface area (Å²) in [4.78, 5) is 40.7. The van der Waals surface area contributed by atoms with Crippen LogP contribution in [0.15, 0.2) is 113 Å². The van der Waals surface area contributed by atoms with E-state index >= 15 is 16.8 Å². The third-order valence-corrected chi connectivity index (χ3v) is 15.7. The highest BCUT2D eigenvalue weighted by Crippen LogP contribution is 2.44. The summed E-state index contributed by atoms with van der Waals surface area (Å²) in [5.41, 5.74) is 6.92. The summed E-state index contributed by atoms with van der Waals surface area (Å²) >= 11 is 0. The molecule has 2 heterocycles. The molecule has 1 fully saturated rings. The van der Waals surface area contributed by atoms with Crippen LogP contribution in [0, 0.1) is 0 Å². The number of hydrogen-bond acceptors (Lipinski definition) is 16. The SMILES string of the molecule is COc1ccc(CN(Cc2ccc(OC)cc2)S(=O)(=O)c2c(S(=O)(=O)N[C@@H]3CCN(C(=O)OC(C)(C)C)C3)ccc(-c3cccc(NC(=O)[C@@H](C)NC(=O)OC(C)(C)C)c3N)c2-c2nnn(Cc3ccc(OC)cc3)n2)cc1. The second-order valence-corrected chi connectivity index (χ2v) is 24.0. The lowest BCUT2D eigenvalue weighted by atomic mass is 9.97. The fraction of sp³-hybridized carbons (Fsp3) is 0.370. The highest BCUT2D eigenvalue weighted by molar-refractivity contribution is 7.92. The van der Waals surface area contributed by atoms with E-state index in [1.54, 1.807) is 126 Å². The van der Waals surface area contributed by atoms with E-state index in [0.29, 0.717) is 28.4 Å². The first kappa shape index (κ1) is 57.9. The van der Waals surface area contributed by atoms with Crippen LogP contribution >= 0.6 is 0 Å². The van der Waals surface area contributed by atoms with E-state index in [-0.39, 0.29) is 73.0 Å². The number of nitrogens with zero attached hydrogens (tertiary/aromatic N) is 6. The zero-order valence-corrected chi connectivity index (χ0v) is 46.8. The Bertz CT molecular complexity index is 3290. The first-order chi connectivity index (χ1) is 36.8. The number of rotatable bonds is 19. The number of ether oxygens (including phenoxy) is 5. The molecule has 0 unspecified atom stereocenters. The summed E-state index contributed by atoms with van der Waals surface area (Å²) < 4.78 is 94.1. The van der Waals surface area contributed by atoms with Crippen molar-refractivity contribution in [3.63, 3.8) is 0 Å². The maximum atomic E-state index is 16.3. The lowest BCUT2D eigenvalue weighted by molar-refractivity contribution is -0.117. The van der Waals surface area contributed by atoms with Gasteiger partial charge >= 0.3 is 12.2 Å². The van der Waals surface area contributed by atoms with Gasteiger partial charge in [-0.25, -0.2) is 31.1 Å². The highest BCUT2D eigenvalue weighted by atomic mass is 32.2. The molecule has 24 heteroatoms. The number of carbonyl (C=O) groups is 3. The molecular weight excluding hydrogens is 1040 g/mol. The highest BCUT2D eigenvalue weighted by Gasteiger charge is 2.40. The number of methoxy groups -OCH3 is 3. The molecule has 3 amide bonds. The number of tetrazole rings is 1. The first-order valence-corrected chi connectivity index (χ1v) is 27.7. The summed E-state index contributed by atoms with van der Waals surface area (Å²) in [6.45, 7) is 11.2. The van der Waals surface area contributed by atoms with Crippen LogP contribution in [-0.4, -0.2) is 122 Å². The van der Waals surface area contributed by atoms with Crippen molar-refractivity contribution in [1.82, 2.24) is 39.5 Å². The Morgan fingerprint density at radius 3 is 1.83 bits per heavy atom. The van der Waals surface area contributed by atoms with Crippen LogP contribution in [0.4, 0.5) is 21.0 Å². The summed E-state index contributed by atoms with van der Waals surface area (Å²) in [6.07, 6.45) is -1.29. The van der Waals surface area contributed by atoms with Crippen LogP contribution in [-0.2, 0) is 53.9 Å². The minimum atomic E-state index is -5.09. The molecule has 1 aliphatic rings. The maximum absolute atomic E-state index is 16.3. The number of nitrogens with one attached hydrogen (secondary N) is 3. The van der Waals surface area contributed by atoms with Crippen molar-refractivity contribution in [2.24, 2.45) is 0 Å². The minimum Gasteiger partial charge on any atom is -0.497 e. The van der Waals surface area contributed by atoms with Crippen molar-refractivity contribution in [3.05, 3.63) is 120 Å². The van der Waals surface area contributed by atoms with Crippen LogP contribution in [0.1, 0.15) is 71.6 Å². The molecular formula is C54H66N10O12S2. The minimum absolute atomic E-state index is 0.0378. The quantitative estimate of drug-likeness (QED) is 0.0584. The number of nitrogen functional groups attached to an aromatic ring is 1. The lowest BCUT2D eigenvalue weighted by Gasteiger charge is -2.27. The molecule has 5 N–H and O–H groups in total. The number of benzene rings is 5. The Morgan fingerprint density at radius 1 is 0.744 bits per heavy atom. The van der Waals surface area contributed by atoms with Gasteiger partial charge in [0.1, 0.15) is 44.3 Å². The maximum Gasteiger partial charge on any atom is 0.410 e. The summed E-state index contributed by atoms with van der Waals surface area (Å²) in [5.74, 6) is 0.662. The topological polar surface area (TPSA) is 278 Å². The van der Waals surface area contributed by atoms with Crippen molar-refractivity contribution < 1.29 is 54.9 Å². The molecule has 22 nitrogen and oxygen atoms in total. The molecule has 1 aromatic heterocycles. The molecule has 6 aromatic rings. The number of anilines is 2. The number of para-hydroxylation sites is 1. The average Bonchev–Trinajstić information content (AvgIpc) is 4.16. The summed E-state index contributed by atoms with van der Waals surface area (Å²) in [6, 6.07) is 25.7. The molecule has 1 aliphatic heterocycles. The van der Waals surface area contributed by atoms with Gasteiger partial charge in [-0.1, -0.05) is 54.6 Å². The molecule has 0 aliphatic carbocycles.